The maximum Gasteiger partial charge on any atom is 0.255 e. The molecule has 0 unspecified atom stereocenters. The number of hydrogen-bond acceptors (Lipinski definition) is 5. The largest absolute Gasteiger partial charge is 0.493 e. The molecule has 0 aliphatic heterocycles. The van der Waals surface area contributed by atoms with Crippen molar-refractivity contribution in [1.82, 2.24) is 0 Å². The summed E-state index contributed by atoms with van der Waals surface area (Å²) in [6, 6.07) is 30.7. The highest BCUT2D eigenvalue weighted by Crippen LogP contribution is 2.34. The van der Waals surface area contributed by atoms with E-state index in [-0.39, 0.29) is 12.5 Å². The first-order chi connectivity index (χ1) is 17.2. The van der Waals surface area contributed by atoms with Gasteiger partial charge in [0.15, 0.2) is 11.5 Å². The molecule has 4 rings (SSSR count). The zero-order valence-corrected chi connectivity index (χ0v) is 20.5. The molecular weight excluding hydrogens is 458 g/mol. The van der Waals surface area contributed by atoms with E-state index >= 15 is 0 Å². The van der Waals surface area contributed by atoms with Gasteiger partial charge in [-0.2, -0.15) is 0 Å². The van der Waals surface area contributed by atoms with Gasteiger partial charge in [-0.15, -0.1) is 0 Å². The molecule has 178 valence electrons. The lowest BCUT2D eigenvalue weighted by Crippen LogP contribution is -2.13. The molecule has 1 amide bonds. The van der Waals surface area contributed by atoms with Gasteiger partial charge in [0, 0.05) is 20.9 Å². The van der Waals surface area contributed by atoms with Crippen molar-refractivity contribution in [3.8, 4) is 17.2 Å². The molecule has 0 aliphatic rings. The number of nitrogens with one attached hydrogen (secondary N) is 1. The van der Waals surface area contributed by atoms with Crippen molar-refractivity contribution in [2.75, 3.05) is 19.0 Å². The molecule has 0 saturated heterocycles. The van der Waals surface area contributed by atoms with Crippen molar-refractivity contribution < 1.29 is 19.0 Å². The maximum atomic E-state index is 13.2. The molecule has 0 fully saturated rings. The summed E-state index contributed by atoms with van der Waals surface area (Å²) in [6.07, 6.45) is 0. The average molecular weight is 486 g/mol. The summed E-state index contributed by atoms with van der Waals surface area (Å²) < 4.78 is 17.1. The van der Waals surface area contributed by atoms with Crippen LogP contribution in [-0.4, -0.2) is 19.6 Å². The topological polar surface area (TPSA) is 56.8 Å². The third kappa shape index (κ3) is 6.37. The maximum absolute atomic E-state index is 13.2. The number of para-hydroxylation sites is 3. The van der Waals surface area contributed by atoms with Gasteiger partial charge in [0.25, 0.3) is 5.91 Å². The van der Waals surface area contributed by atoms with E-state index in [0.717, 1.165) is 21.0 Å². The molecule has 0 spiro atoms. The van der Waals surface area contributed by atoms with E-state index < -0.39 is 0 Å². The van der Waals surface area contributed by atoms with E-state index in [1.54, 1.807) is 24.9 Å². The van der Waals surface area contributed by atoms with Crippen molar-refractivity contribution in [1.29, 1.82) is 0 Å². The first kappa shape index (κ1) is 24.2. The Bertz CT molecular complexity index is 1280. The zero-order valence-electron chi connectivity index (χ0n) is 19.7. The molecule has 6 heteroatoms. The fraction of sp³-hybridized carbons (Fsp3) is 0.138. The molecule has 5 nitrogen and oxygen atoms in total. The van der Waals surface area contributed by atoms with E-state index in [2.05, 4.69) is 5.32 Å². The quantitative estimate of drug-likeness (QED) is 0.260. The standard InChI is InChI=1S/C29H27NO4S/c1-3-33-25-18-17-21(19-22(25)20-34-27-15-9-8-14-26(27)32-2)29(31)30-24-13-7-10-16-28(24)35-23-11-5-4-6-12-23/h4-19H,3,20H2,1-2H3,(H,30,31). The van der Waals surface area contributed by atoms with Crippen LogP contribution in [0.25, 0.3) is 0 Å². The number of methoxy groups -OCH3 is 1. The number of hydrogen-bond donors (Lipinski definition) is 1. The predicted octanol–water partition coefficient (Wildman–Crippen LogP) is 7.08. The van der Waals surface area contributed by atoms with Gasteiger partial charge in [-0.3, -0.25) is 4.79 Å². The highest BCUT2D eigenvalue weighted by molar-refractivity contribution is 7.99. The molecule has 0 aliphatic carbocycles. The van der Waals surface area contributed by atoms with E-state index in [0.29, 0.717) is 29.4 Å². The minimum absolute atomic E-state index is 0.201. The minimum Gasteiger partial charge on any atom is -0.493 e. The van der Waals surface area contributed by atoms with Gasteiger partial charge in [-0.1, -0.05) is 54.2 Å². The molecule has 4 aromatic carbocycles. The Hall–Kier alpha value is -3.90. The molecule has 1 N–H and O–H groups in total. The molecule has 35 heavy (non-hydrogen) atoms. The summed E-state index contributed by atoms with van der Waals surface area (Å²) in [4.78, 5) is 15.3. The summed E-state index contributed by atoms with van der Waals surface area (Å²) in [7, 11) is 1.60. The van der Waals surface area contributed by atoms with Gasteiger partial charge < -0.3 is 19.5 Å². The molecular formula is C29H27NO4S. The SMILES string of the molecule is CCOc1ccc(C(=O)Nc2ccccc2Sc2ccccc2)cc1COc1ccccc1OC. The van der Waals surface area contributed by atoms with Gasteiger partial charge in [0.05, 0.1) is 19.4 Å². The summed E-state index contributed by atoms with van der Waals surface area (Å²) in [5.74, 6) is 1.75. The number of benzene rings is 4. The van der Waals surface area contributed by atoms with Gasteiger partial charge >= 0.3 is 0 Å². The van der Waals surface area contributed by atoms with Crippen LogP contribution >= 0.6 is 11.8 Å². The van der Waals surface area contributed by atoms with Crippen LogP contribution in [-0.2, 0) is 6.61 Å². The molecule has 0 aromatic heterocycles. The van der Waals surface area contributed by atoms with Gasteiger partial charge in [0.1, 0.15) is 12.4 Å². The van der Waals surface area contributed by atoms with E-state index in [1.165, 1.54) is 0 Å². The van der Waals surface area contributed by atoms with E-state index in [4.69, 9.17) is 14.2 Å². The Morgan fingerprint density at radius 1 is 0.800 bits per heavy atom. The van der Waals surface area contributed by atoms with E-state index in [9.17, 15) is 4.79 Å². The second-order valence-electron chi connectivity index (χ2n) is 7.56. The van der Waals surface area contributed by atoms with Crippen LogP contribution in [0.2, 0.25) is 0 Å². The Labute approximate surface area is 210 Å². The summed E-state index contributed by atoms with van der Waals surface area (Å²) in [5.41, 5.74) is 2.05. The molecule has 0 saturated carbocycles. The second kappa shape index (κ2) is 12.0. The number of amides is 1. The lowest BCUT2D eigenvalue weighted by Gasteiger charge is -2.15. The van der Waals surface area contributed by atoms with Crippen LogP contribution in [0, 0.1) is 0 Å². The number of carbonyl (C=O) groups excluding carboxylic acids is 1. The Kier molecular flexibility index (Phi) is 8.30. The first-order valence-electron chi connectivity index (χ1n) is 11.3. The van der Waals surface area contributed by atoms with Crippen molar-refractivity contribution in [2.45, 2.75) is 23.3 Å². The summed E-state index contributed by atoms with van der Waals surface area (Å²) >= 11 is 1.61. The van der Waals surface area contributed by atoms with Crippen LogP contribution in [0.3, 0.4) is 0 Å². The number of carbonyl (C=O) groups is 1. The Morgan fingerprint density at radius 2 is 1.51 bits per heavy atom. The van der Waals surface area contributed by atoms with Gasteiger partial charge in [-0.25, -0.2) is 0 Å². The lowest BCUT2D eigenvalue weighted by molar-refractivity contribution is 0.102. The second-order valence-corrected chi connectivity index (χ2v) is 8.68. The highest BCUT2D eigenvalue weighted by Gasteiger charge is 2.14. The van der Waals surface area contributed by atoms with Crippen molar-refractivity contribution in [3.05, 3.63) is 108 Å². The fourth-order valence-electron chi connectivity index (χ4n) is 3.49. The molecule has 0 heterocycles. The Balaban J connectivity index is 1.53. The molecule has 0 radical (unpaired) electrons. The van der Waals surface area contributed by atoms with Crippen LogP contribution in [0.4, 0.5) is 5.69 Å². The summed E-state index contributed by atoms with van der Waals surface area (Å²) in [6.45, 7) is 2.67. The van der Waals surface area contributed by atoms with Crippen LogP contribution < -0.4 is 19.5 Å². The van der Waals surface area contributed by atoms with Crippen molar-refractivity contribution in [3.63, 3.8) is 0 Å². The Morgan fingerprint density at radius 3 is 2.29 bits per heavy atom. The first-order valence-corrected chi connectivity index (χ1v) is 12.1. The fourth-order valence-corrected chi connectivity index (χ4v) is 4.42. The zero-order chi connectivity index (χ0) is 24.5. The predicted molar refractivity (Wildman–Crippen MR) is 140 cm³/mol. The molecule has 0 bridgehead atoms. The average Bonchev–Trinajstić information content (AvgIpc) is 2.90. The monoisotopic (exact) mass is 485 g/mol. The number of anilines is 1. The summed E-state index contributed by atoms with van der Waals surface area (Å²) in [5, 5.41) is 3.06. The lowest BCUT2D eigenvalue weighted by atomic mass is 10.1. The normalized spacial score (nSPS) is 10.5. The minimum atomic E-state index is -0.201. The van der Waals surface area contributed by atoms with Gasteiger partial charge in [0.2, 0.25) is 0 Å². The third-order valence-corrected chi connectivity index (χ3v) is 6.26. The van der Waals surface area contributed by atoms with Crippen LogP contribution in [0.5, 0.6) is 17.2 Å². The number of rotatable bonds is 10. The molecule has 0 atom stereocenters. The smallest absolute Gasteiger partial charge is 0.255 e. The third-order valence-electron chi connectivity index (χ3n) is 5.18. The van der Waals surface area contributed by atoms with Crippen molar-refractivity contribution in [2.24, 2.45) is 0 Å². The van der Waals surface area contributed by atoms with Crippen LogP contribution in [0.15, 0.2) is 107 Å². The highest BCUT2D eigenvalue weighted by atomic mass is 32.2. The van der Waals surface area contributed by atoms with Crippen molar-refractivity contribution >= 4 is 23.4 Å². The number of ether oxygens (including phenoxy) is 3. The van der Waals surface area contributed by atoms with E-state index in [1.807, 2.05) is 97.9 Å². The van der Waals surface area contributed by atoms with Crippen LogP contribution in [0.1, 0.15) is 22.8 Å². The molecule has 4 aromatic rings. The van der Waals surface area contributed by atoms with Gasteiger partial charge in [-0.05, 0) is 61.5 Å².